The minimum atomic E-state index is -0.179. The second-order valence-corrected chi connectivity index (χ2v) is 5.98. The summed E-state index contributed by atoms with van der Waals surface area (Å²) in [5, 5.41) is 7.43. The molecule has 0 heterocycles. The van der Waals surface area contributed by atoms with E-state index in [1.165, 1.54) is 7.11 Å². The summed E-state index contributed by atoms with van der Waals surface area (Å²) in [7, 11) is 1.40. The van der Waals surface area contributed by atoms with Crippen LogP contribution in [-0.2, 0) is 9.53 Å². The normalized spacial score (nSPS) is 10.3. The molecule has 0 saturated carbocycles. The fourth-order valence-electron chi connectivity index (χ4n) is 2.53. The van der Waals surface area contributed by atoms with Gasteiger partial charge in [0.2, 0.25) is 0 Å². The minimum absolute atomic E-state index is 0.0476. The maximum Gasteiger partial charge on any atom is 0.305 e. The van der Waals surface area contributed by atoms with Gasteiger partial charge in [0.15, 0.2) is 0 Å². The summed E-state index contributed by atoms with van der Waals surface area (Å²) >= 11 is 0. The second-order valence-electron chi connectivity index (χ2n) is 5.98. The van der Waals surface area contributed by atoms with Crippen molar-refractivity contribution in [2.45, 2.75) is 25.7 Å². The van der Waals surface area contributed by atoms with Crippen LogP contribution in [0.2, 0.25) is 0 Å². The highest BCUT2D eigenvalue weighted by Crippen LogP contribution is 2.29. The SMILES string of the molecule is COC(=O)CCCCCOc1ccc(-c2ccc(C(=N)N)cc2)cc1N. The number of rotatable bonds is 9. The van der Waals surface area contributed by atoms with Crippen LogP contribution in [0.15, 0.2) is 42.5 Å². The van der Waals surface area contributed by atoms with E-state index >= 15 is 0 Å². The molecule has 26 heavy (non-hydrogen) atoms. The van der Waals surface area contributed by atoms with Gasteiger partial charge in [-0.15, -0.1) is 0 Å². The number of benzene rings is 2. The van der Waals surface area contributed by atoms with E-state index in [4.69, 9.17) is 21.6 Å². The molecule has 0 saturated heterocycles. The van der Waals surface area contributed by atoms with Gasteiger partial charge in [-0.05, 0) is 42.5 Å². The number of nitrogens with one attached hydrogen (secondary N) is 1. The number of unbranched alkanes of at least 4 members (excludes halogenated alkanes) is 2. The number of nitrogens with two attached hydrogens (primary N) is 2. The van der Waals surface area contributed by atoms with Crippen molar-refractivity contribution in [1.29, 1.82) is 5.41 Å². The Hall–Kier alpha value is -3.02. The average molecular weight is 355 g/mol. The van der Waals surface area contributed by atoms with E-state index in [1.807, 2.05) is 42.5 Å². The molecule has 0 bridgehead atoms. The van der Waals surface area contributed by atoms with Gasteiger partial charge in [0.1, 0.15) is 11.6 Å². The van der Waals surface area contributed by atoms with Gasteiger partial charge >= 0.3 is 5.97 Å². The number of anilines is 1. The highest BCUT2D eigenvalue weighted by Gasteiger charge is 2.05. The summed E-state index contributed by atoms with van der Waals surface area (Å²) in [6, 6.07) is 13.1. The zero-order valence-electron chi connectivity index (χ0n) is 15.0. The van der Waals surface area contributed by atoms with Crippen molar-refractivity contribution in [1.82, 2.24) is 0 Å². The van der Waals surface area contributed by atoms with E-state index in [2.05, 4.69) is 4.74 Å². The average Bonchev–Trinajstić information content (AvgIpc) is 2.65. The number of nitrogen functional groups attached to an aromatic ring is 2. The van der Waals surface area contributed by atoms with Crippen molar-refractivity contribution in [3.8, 4) is 16.9 Å². The summed E-state index contributed by atoms with van der Waals surface area (Å²) in [6.07, 6.45) is 2.98. The topological polar surface area (TPSA) is 111 Å². The summed E-state index contributed by atoms with van der Waals surface area (Å²) in [4.78, 5) is 11.0. The Morgan fingerprint density at radius 1 is 1.04 bits per heavy atom. The monoisotopic (exact) mass is 355 g/mol. The highest BCUT2D eigenvalue weighted by molar-refractivity contribution is 5.95. The predicted octanol–water partition coefficient (Wildman–Crippen LogP) is 3.33. The molecule has 2 rings (SSSR count). The molecule has 0 aliphatic rings. The van der Waals surface area contributed by atoms with Crippen LogP contribution in [0.5, 0.6) is 5.75 Å². The van der Waals surface area contributed by atoms with Crippen molar-refractivity contribution in [2.24, 2.45) is 5.73 Å². The molecule has 5 N–H and O–H groups in total. The summed E-state index contributed by atoms with van der Waals surface area (Å²) in [5.74, 6) is 0.524. The van der Waals surface area contributed by atoms with Gasteiger partial charge in [0.25, 0.3) is 0 Å². The third-order valence-electron chi connectivity index (χ3n) is 4.05. The van der Waals surface area contributed by atoms with Crippen molar-refractivity contribution in [2.75, 3.05) is 19.5 Å². The lowest BCUT2D eigenvalue weighted by molar-refractivity contribution is -0.140. The Morgan fingerprint density at radius 2 is 1.73 bits per heavy atom. The minimum Gasteiger partial charge on any atom is -0.491 e. The molecular weight excluding hydrogens is 330 g/mol. The fourth-order valence-corrected chi connectivity index (χ4v) is 2.53. The van der Waals surface area contributed by atoms with Crippen LogP contribution in [0, 0.1) is 5.41 Å². The van der Waals surface area contributed by atoms with E-state index in [9.17, 15) is 4.79 Å². The highest BCUT2D eigenvalue weighted by atomic mass is 16.5. The van der Waals surface area contributed by atoms with E-state index in [0.717, 1.165) is 30.4 Å². The van der Waals surface area contributed by atoms with E-state index in [-0.39, 0.29) is 11.8 Å². The molecule has 0 unspecified atom stereocenters. The Balaban J connectivity index is 1.87. The van der Waals surface area contributed by atoms with Gasteiger partial charge in [-0.1, -0.05) is 30.3 Å². The van der Waals surface area contributed by atoms with Crippen LogP contribution in [0.3, 0.4) is 0 Å². The zero-order chi connectivity index (χ0) is 18.9. The Labute approximate surface area is 153 Å². The Bertz CT molecular complexity index is 757. The first kappa shape index (κ1) is 19.3. The number of hydrogen-bond donors (Lipinski definition) is 3. The number of amidine groups is 1. The Kier molecular flexibility index (Phi) is 7.02. The van der Waals surface area contributed by atoms with Crippen LogP contribution < -0.4 is 16.2 Å². The van der Waals surface area contributed by atoms with E-state index in [1.54, 1.807) is 0 Å². The molecule has 0 atom stereocenters. The Morgan fingerprint density at radius 3 is 2.35 bits per heavy atom. The molecule has 0 spiro atoms. The fraction of sp³-hybridized carbons (Fsp3) is 0.300. The first-order valence-electron chi connectivity index (χ1n) is 8.55. The van der Waals surface area contributed by atoms with Gasteiger partial charge in [-0.25, -0.2) is 0 Å². The van der Waals surface area contributed by atoms with Crippen LogP contribution in [0.1, 0.15) is 31.2 Å². The maximum atomic E-state index is 11.0. The lowest BCUT2D eigenvalue weighted by Gasteiger charge is -2.11. The van der Waals surface area contributed by atoms with Crippen molar-refractivity contribution < 1.29 is 14.3 Å². The van der Waals surface area contributed by atoms with Crippen molar-refractivity contribution in [3.63, 3.8) is 0 Å². The molecule has 138 valence electrons. The molecule has 2 aromatic rings. The van der Waals surface area contributed by atoms with Crippen molar-refractivity contribution in [3.05, 3.63) is 48.0 Å². The number of methoxy groups -OCH3 is 1. The van der Waals surface area contributed by atoms with Gasteiger partial charge in [0.05, 0.1) is 19.4 Å². The molecule has 0 aliphatic heterocycles. The molecule has 0 aromatic heterocycles. The molecule has 0 fully saturated rings. The number of ether oxygens (including phenoxy) is 2. The number of carbonyl (C=O) groups is 1. The van der Waals surface area contributed by atoms with Gasteiger partial charge in [0, 0.05) is 12.0 Å². The smallest absolute Gasteiger partial charge is 0.305 e. The van der Waals surface area contributed by atoms with Crippen LogP contribution >= 0.6 is 0 Å². The predicted molar refractivity (Wildman–Crippen MR) is 103 cm³/mol. The lowest BCUT2D eigenvalue weighted by atomic mass is 10.0. The standard InChI is InChI=1S/C20H25N3O3/c1-25-19(24)5-3-2-4-12-26-18-11-10-16(13-17(18)21)14-6-8-15(9-7-14)20(22)23/h6-11,13H,2-5,12,21H2,1H3,(H3,22,23). The second kappa shape index (κ2) is 9.46. The third-order valence-corrected chi connectivity index (χ3v) is 4.05. The number of esters is 1. The van der Waals surface area contributed by atoms with Gasteiger partial charge in [-0.2, -0.15) is 0 Å². The van der Waals surface area contributed by atoms with Gasteiger partial charge in [-0.3, -0.25) is 10.2 Å². The molecule has 0 aliphatic carbocycles. The molecule has 2 aromatic carbocycles. The molecular formula is C20H25N3O3. The molecule has 0 radical (unpaired) electrons. The molecule has 6 nitrogen and oxygen atoms in total. The summed E-state index contributed by atoms with van der Waals surface area (Å²) in [6.45, 7) is 0.554. The van der Waals surface area contributed by atoms with Crippen molar-refractivity contribution >= 4 is 17.5 Å². The van der Waals surface area contributed by atoms with Crippen LogP contribution in [0.25, 0.3) is 11.1 Å². The van der Waals surface area contributed by atoms with E-state index in [0.29, 0.717) is 30.0 Å². The first-order valence-corrected chi connectivity index (χ1v) is 8.55. The quantitative estimate of drug-likeness (QED) is 0.210. The van der Waals surface area contributed by atoms with Crippen LogP contribution in [-0.4, -0.2) is 25.5 Å². The number of hydrogen-bond acceptors (Lipinski definition) is 5. The first-order chi connectivity index (χ1) is 12.5. The largest absolute Gasteiger partial charge is 0.491 e. The van der Waals surface area contributed by atoms with Crippen LogP contribution in [0.4, 0.5) is 5.69 Å². The summed E-state index contributed by atoms with van der Waals surface area (Å²) < 4.78 is 10.3. The lowest BCUT2D eigenvalue weighted by Crippen LogP contribution is -2.10. The number of carbonyl (C=O) groups excluding carboxylic acids is 1. The summed E-state index contributed by atoms with van der Waals surface area (Å²) in [5.41, 5.74) is 14.8. The molecule has 0 amide bonds. The third kappa shape index (κ3) is 5.51. The van der Waals surface area contributed by atoms with E-state index < -0.39 is 0 Å². The maximum absolute atomic E-state index is 11.0. The van der Waals surface area contributed by atoms with Gasteiger partial charge < -0.3 is 20.9 Å². The zero-order valence-corrected chi connectivity index (χ0v) is 15.0. The molecule has 6 heteroatoms.